The topological polar surface area (TPSA) is 61.6 Å². The SMILES string of the molecule is CN1CCN(C)C(CNC(=O)C2CCCC(CCN)C2)C1. The lowest BCUT2D eigenvalue weighted by Gasteiger charge is -2.38. The van der Waals surface area contributed by atoms with Crippen LogP contribution in [0.2, 0.25) is 0 Å². The van der Waals surface area contributed by atoms with Gasteiger partial charge in [-0.2, -0.15) is 0 Å². The molecule has 2 aliphatic rings. The molecule has 0 aromatic carbocycles. The van der Waals surface area contributed by atoms with Crippen LogP contribution >= 0.6 is 0 Å². The highest BCUT2D eigenvalue weighted by Gasteiger charge is 2.28. The molecule has 3 unspecified atom stereocenters. The van der Waals surface area contributed by atoms with Crippen LogP contribution in [-0.2, 0) is 4.79 Å². The smallest absolute Gasteiger partial charge is 0.223 e. The predicted octanol–water partition coefficient (Wildman–Crippen LogP) is 0.504. The lowest BCUT2D eigenvalue weighted by Crippen LogP contribution is -2.54. The third kappa shape index (κ3) is 4.94. The fourth-order valence-corrected chi connectivity index (χ4v) is 3.71. The first-order chi connectivity index (χ1) is 10.1. The van der Waals surface area contributed by atoms with Crippen LogP contribution < -0.4 is 11.1 Å². The van der Waals surface area contributed by atoms with E-state index in [1.807, 2.05) is 0 Å². The van der Waals surface area contributed by atoms with Crippen molar-refractivity contribution in [2.45, 2.75) is 38.1 Å². The van der Waals surface area contributed by atoms with Gasteiger partial charge in [0.2, 0.25) is 5.91 Å². The maximum absolute atomic E-state index is 12.4. The van der Waals surface area contributed by atoms with E-state index in [1.165, 1.54) is 12.8 Å². The molecule has 3 N–H and O–H groups in total. The predicted molar refractivity (Wildman–Crippen MR) is 86.0 cm³/mol. The number of rotatable bonds is 5. The van der Waals surface area contributed by atoms with E-state index in [4.69, 9.17) is 5.73 Å². The number of nitrogens with one attached hydrogen (secondary N) is 1. The first-order valence-corrected chi connectivity index (χ1v) is 8.46. The zero-order chi connectivity index (χ0) is 15.2. The van der Waals surface area contributed by atoms with Gasteiger partial charge in [-0.05, 0) is 45.8 Å². The molecular weight excluding hydrogens is 264 g/mol. The summed E-state index contributed by atoms with van der Waals surface area (Å²) < 4.78 is 0. The molecule has 3 atom stereocenters. The van der Waals surface area contributed by atoms with Crippen molar-refractivity contribution in [3.05, 3.63) is 0 Å². The van der Waals surface area contributed by atoms with Gasteiger partial charge in [-0.1, -0.05) is 12.8 Å². The van der Waals surface area contributed by atoms with Crippen molar-refractivity contribution >= 4 is 5.91 Å². The quantitative estimate of drug-likeness (QED) is 0.776. The molecule has 1 amide bonds. The summed E-state index contributed by atoms with van der Waals surface area (Å²) in [5.74, 6) is 1.13. The highest BCUT2D eigenvalue weighted by Crippen LogP contribution is 2.30. The van der Waals surface area contributed by atoms with Crippen LogP contribution in [0.1, 0.15) is 32.1 Å². The molecule has 1 saturated carbocycles. The number of nitrogens with two attached hydrogens (primary N) is 1. The number of amides is 1. The molecule has 1 aliphatic carbocycles. The molecule has 5 nitrogen and oxygen atoms in total. The van der Waals surface area contributed by atoms with E-state index in [2.05, 4.69) is 29.2 Å². The van der Waals surface area contributed by atoms with Crippen molar-refractivity contribution < 1.29 is 4.79 Å². The number of piperazine rings is 1. The van der Waals surface area contributed by atoms with Crippen molar-refractivity contribution in [1.82, 2.24) is 15.1 Å². The lowest BCUT2D eigenvalue weighted by atomic mass is 9.79. The summed E-state index contributed by atoms with van der Waals surface area (Å²) in [5.41, 5.74) is 5.65. The minimum Gasteiger partial charge on any atom is -0.354 e. The molecule has 5 heteroatoms. The maximum atomic E-state index is 12.4. The standard InChI is InChI=1S/C16H32N4O/c1-19-8-9-20(2)15(12-19)11-18-16(21)14-5-3-4-13(10-14)6-7-17/h13-15H,3-12,17H2,1-2H3,(H,18,21). The number of hydrogen-bond acceptors (Lipinski definition) is 4. The van der Waals surface area contributed by atoms with Gasteiger partial charge in [0, 0.05) is 38.1 Å². The van der Waals surface area contributed by atoms with Gasteiger partial charge in [-0.15, -0.1) is 0 Å². The van der Waals surface area contributed by atoms with Crippen LogP contribution in [0.25, 0.3) is 0 Å². The molecule has 2 rings (SSSR count). The average molecular weight is 296 g/mol. The van der Waals surface area contributed by atoms with Crippen LogP contribution in [0.4, 0.5) is 0 Å². The molecule has 21 heavy (non-hydrogen) atoms. The molecule has 2 fully saturated rings. The van der Waals surface area contributed by atoms with Gasteiger partial charge >= 0.3 is 0 Å². The van der Waals surface area contributed by atoms with E-state index in [0.29, 0.717) is 12.0 Å². The molecule has 0 aromatic heterocycles. The Labute approximate surface area is 129 Å². The number of nitrogens with zero attached hydrogens (tertiary/aromatic N) is 2. The number of likely N-dealkylation sites (N-methyl/N-ethyl adjacent to an activating group) is 2. The summed E-state index contributed by atoms with van der Waals surface area (Å²) in [7, 11) is 4.31. The summed E-state index contributed by atoms with van der Waals surface area (Å²) in [6, 6.07) is 0.441. The molecule has 1 saturated heterocycles. The second-order valence-corrected chi connectivity index (χ2v) is 6.95. The Morgan fingerprint density at radius 3 is 2.86 bits per heavy atom. The van der Waals surface area contributed by atoms with Crippen molar-refractivity contribution in [3.8, 4) is 0 Å². The Morgan fingerprint density at radius 1 is 1.29 bits per heavy atom. The third-order valence-electron chi connectivity index (χ3n) is 5.22. The Balaban J connectivity index is 1.75. The van der Waals surface area contributed by atoms with Gasteiger partial charge in [-0.3, -0.25) is 9.69 Å². The van der Waals surface area contributed by atoms with Crippen molar-refractivity contribution in [2.24, 2.45) is 17.6 Å². The monoisotopic (exact) mass is 296 g/mol. The van der Waals surface area contributed by atoms with E-state index < -0.39 is 0 Å². The summed E-state index contributed by atoms with van der Waals surface area (Å²) >= 11 is 0. The Kier molecular flexibility index (Phi) is 6.45. The molecule has 1 aliphatic heterocycles. The lowest BCUT2D eigenvalue weighted by molar-refractivity contribution is -0.126. The molecule has 0 bridgehead atoms. The Bertz CT molecular complexity index is 334. The summed E-state index contributed by atoms with van der Waals surface area (Å²) in [5, 5.41) is 3.20. The normalized spacial score (nSPS) is 32.0. The minimum absolute atomic E-state index is 0.210. The van der Waals surface area contributed by atoms with E-state index in [0.717, 1.165) is 52.0 Å². The summed E-state index contributed by atoms with van der Waals surface area (Å²) in [4.78, 5) is 17.1. The van der Waals surface area contributed by atoms with Crippen molar-refractivity contribution in [3.63, 3.8) is 0 Å². The second kappa shape index (κ2) is 8.11. The molecule has 0 spiro atoms. The first-order valence-electron chi connectivity index (χ1n) is 8.46. The maximum Gasteiger partial charge on any atom is 0.223 e. The average Bonchev–Trinajstić information content (AvgIpc) is 2.48. The van der Waals surface area contributed by atoms with E-state index in [-0.39, 0.29) is 11.8 Å². The molecule has 122 valence electrons. The van der Waals surface area contributed by atoms with Gasteiger partial charge in [0.05, 0.1) is 0 Å². The highest BCUT2D eigenvalue weighted by molar-refractivity contribution is 5.78. The Morgan fingerprint density at radius 2 is 2.10 bits per heavy atom. The van der Waals surface area contributed by atoms with E-state index in [9.17, 15) is 4.79 Å². The van der Waals surface area contributed by atoms with Gasteiger partial charge in [-0.25, -0.2) is 0 Å². The van der Waals surface area contributed by atoms with E-state index in [1.54, 1.807) is 0 Å². The van der Waals surface area contributed by atoms with Crippen LogP contribution in [0.3, 0.4) is 0 Å². The number of carbonyl (C=O) groups is 1. The molecular formula is C16H32N4O. The minimum atomic E-state index is 0.210. The van der Waals surface area contributed by atoms with Crippen molar-refractivity contribution in [1.29, 1.82) is 0 Å². The third-order valence-corrected chi connectivity index (χ3v) is 5.22. The van der Waals surface area contributed by atoms with E-state index >= 15 is 0 Å². The highest BCUT2D eigenvalue weighted by atomic mass is 16.1. The molecule has 1 heterocycles. The van der Waals surface area contributed by atoms with Gasteiger partial charge < -0.3 is 16.0 Å². The second-order valence-electron chi connectivity index (χ2n) is 6.95. The van der Waals surface area contributed by atoms with Crippen molar-refractivity contribution in [2.75, 3.05) is 46.8 Å². The number of hydrogen-bond donors (Lipinski definition) is 2. The van der Waals surface area contributed by atoms with Crippen LogP contribution in [-0.4, -0.2) is 68.6 Å². The van der Waals surface area contributed by atoms with Gasteiger partial charge in [0.1, 0.15) is 0 Å². The van der Waals surface area contributed by atoms with Crippen LogP contribution in [0.15, 0.2) is 0 Å². The fraction of sp³-hybridized carbons (Fsp3) is 0.938. The van der Waals surface area contributed by atoms with Crippen LogP contribution in [0.5, 0.6) is 0 Å². The zero-order valence-electron chi connectivity index (χ0n) is 13.7. The largest absolute Gasteiger partial charge is 0.354 e. The number of carbonyl (C=O) groups excluding carboxylic acids is 1. The Hall–Kier alpha value is -0.650. The first kappa shape index (κ1) is 16.7. The molecule has 0 radical (unpaired) electrons. The zero-order valence-corrected chi connectivity index (χ0v) is 13.7. The molecule has 0 aromatic rings. The fourth-order valence-electron chi connectivity index (χ4n) is 3.71. The van der Waals surface area contributed by atoms with Gasteiger partial charge in [0.15, 0.2) is 0 Å². The summed E-state index contributed by atoms with van der Waals surface area (Å²) in [6.45, 7) is 4.76. The summed E-state index contributed by atoms with van der Waals surface area (Å²) in [6.07, 6.45) is 5.57. The van der Waals surface area contributed by atoms with Gasteiger partial charge in [0.25, 0.3) is 0 Å². The van der Waals surface area contributed by atoms with Crippen LogP contribution in [0, 0.1) is 11.8 Å².